The summed E-state index contributed by atoms with van der Waals surface area (Å²) in [5.41, 5.74) is 0.661. The van der Waals surface area contributed by atoms with Crippen LogP contribution in [0, 0.1) is 5.82 Å². The fourth-order valence-electron chi connectivity index (χ4n) is 1.74. The number of hydrogen-bond acceptors (Lipinski definition) is 3. The number of carboxylic acids is 1. The van der Waals surface area contributed by atoms with Crippen molar-refractivity contribution >= 4 is 5.97 Å². The van der Waals surface area contributed by atoms with Crippen LogP contribution in [-0.4, -0.2) is 18.2 Å². The summed E-state index contributed by atoms with van der Waals surface area (Å²) in [5.74, 6) is -0.915. The molecule has 2 rings (SSSR count). The van der Waals surface area contributed by atoms with Crippen LogP contribution in [0.15, 0.2) is 42.5 Å². The van der Waals surface area contributed by atoms with Gasteiger partial charge in [0.15, 0.2) is 11.6 Å². The number of para-hydroxylation sites is 1. The molecule has 0 unspecified atom stereocenters. The molecule has 0 amide bonds. The molecule has 0 radical (unpaired) electrons. The number of rotatable bonds is 5. The molecule has 0 heterocycles. The highest BCUT2D eigenvalue weighted by Gasteiger charge is 2.10. The Morgan fingerprint density at radius 1 is 1.20 bits per heavy atom. The van der Waals surface area contributed by atoms with E-state index in [0.717, 1.165) is 0 Å². The van der Waals surface area contributed by atoms with Gasteiger partial charge in [-0.3, -0.25) is 0 Å². The normalized spacial score (nSPS) is 10.1. The number of benzene rings is 2. The maximum atomic E-state index is 13.4. The SMILES string of the molecule is COc1ccc(C(=O)O)cc1COc1ccccc1F. The first kappa shape index (κ1) is 13.9. The van der Waals surface area contributed by atoms with Crippen molar-refractivity contribution in [3.8, 4) is 11.5 Å². The standard InChI is InChI=1S/C15H13FO4/c1-19-13-7-6-10(15(17)18)8-11(13)9-20-14-5-3-2-4-12(14)16/h2-8H,9H2,1H3,(H,17,18). The summed E-state index contributed by atoms with van der Waals surface area (Å²) in [6.07, 6.45) is 0. The first-order chi connectivity index (χ1) is 9.61. The van der Waals surface area contributed by atoms with Crippen LogP contribution in [0.5, 0.6) is 11.5 Å². The van der Waals surface area contributed by atoms with Crippen molar-refractivity contribution in [3.63, 3.8) is 0 Å². The number of halogens is 1. The molecule has 5 heteroatoms. The van der Waals surface area contributed by atoms with E-state index in [4.69, 9.17) is 14.6 Å². The average Bonchev–Trinajstić information content (AvgIpc) is 2.46. The Morgan fingerprint density at radius 3 is 2.60 bits per heavy atom. The van der Waals surface area contributed by atoms with Crippen LogP contribution < -0.4 is 9.47 Å². The van der Waals surface area contributed by atoms with Gasteiger partial charge in [0.2, 0.25) is 0 Å². The van der Waals surface area contributed by atoms with Crippen LogP contribution in [0.4, 0.5) is 4.39 Å². The second-order valence-corrected chi connectivity index (χ2v) is 4.05. The third-order valence-electron chi connectivity index (χ3n) is 2.75. The quantitative estimate of drug-likeness (QED) is 0.911. The lowest BCUT2D eigenvalue weighted by molar-refractivity contribution is 0.0696. The Kier molecular flexibility index (Phi) is 4.20. The third-order valence-corrected chi connectivity index (χ3v) is 2.75. The lowest BCUT2D eigenvalue weighted by Crippen LogP contribution is -2.03. The monoisotopic (exact) mass is 276 g/mol. The highest BCUT2D eigenvalue weighted by Crippen LogP contribution is 2.23. The van der Waals surface area contributed by atoms with Gasteiger partial charge in [0.1, 0.15) is 12.4 Å². The first-order valence-corrected chi connectivity index (χ1v) is 5.89. The molecule has 0 aliphatic heterocycles. The molecule has 0 aliphatic carbocycles. The zero-order valence-electron chi connectivity index (χ0n) is 10.8. The van der Waals surface area contributed by atoms with Crippen LogP contribution >= 0.6 is 0 Å². The van der Waals surface area contributed by atoms with Crippen molar-refractivity contribution in [2.75, 3.05) is 7.11 Å². The molecule has 0 atom stereocenters. The highest BCUT2D eigenvalue weighted by atomic mass is 19.1. The Balaban J connectivity index is 2.22. The van der Waals surface area contributed by atoms with Crippen molar-refractivity contribution < 1.29 is 23.8 Å². The molecule has 0 aromatic heterocycles. The lowest BCUT2D eigenvalue weighted by Gasteiger charge is -2.11. The van der Waals surface area contributed by atoms with Crippen LogP contribution in [0.1, 0.15) is 15.9 Å². The number of aromatic carboxylic acids is 1. The molecular weight excluding hydrogens is 263 g/mol. The minimum absolute atomic E-state index is 0.0191. The van der Waals surface area contributed by atoms with Crippen molar-refractivity contribution in [3.05, 3.63) is 59.4 Å². The van der Waals surface area contributed by atoms with Gasteiger partial charge in [0.05, 0.1) is 12.7 Å². The molecule has 0 saturated carbocycles. The largest absolute Gasteiger partial charge is 0.496 e. The molecule has 1 N–H and O–H groups in total. The highest BCUT2D eigenvalue weighted by molar-refractivity contribution is 5.88. The Morgan fingerprint density at radius 2 is 1.95 bits per heavy atom. The summed E-state index contributed by atoms with van der Waals surface area (Å²) < 4.78 is 23.9. The second-order valence-electron chi connectivity index (χ2n) is 4.05. The zero-order valence-corrected chi connectivity index (χ0v) is 10.8. The van der Waals surface area contributed by atoms with Crippen molar-refractivity contribution in [1.29, 1.82) is 0 Å². The van der Waals surface area contributed by atoms with Crippen LogP contribution in [0.3, 0.4) is 0 Å². The van der Waals surface area contributed by atoms with E-state index in [9.17, 15) is 9.18 Å². The van der Waals surface area contributed by atoms with Gasteiger partial charge in [-0.05, 0) is 30.3 Å². The van der Waals surface area contributed by atoms with Gasteiger partial charge in [0, 0.05) is 5.56 Å². The van der Waals surface area contributed by atoms with Gasteiger partial charge < -0.3 is 14.6 Å². The second kappa shape index (κ2) is 6.06. The fraction of sp³-hybridized carbons (Fsp3) is 0.133. The molecule has 0 fully saturated rings. The van der Waals surface area contributed by atoms with E-state index in [1.165, 1.54) is 31.4 Å². The Bertz CT molecular complexity index is 625. The molecule has 4 nitrogen and oxygen atoms in total. The van der Waals surface area contributed by atoms with Gasteiger partial charge in [-0.1, -0.05) is 12.1 Å². The molecule has 2 aromatic carbocycles. The first-order valence-electron chi connectivity index (χ1n) is 5.89. The number of ether oxygens (including phenoxy) is 2. The average molecular weight is 276 g/mol. The molecular formula is C15H13FO4. The van der Waals surface area contributed by atoms with Gasteiger partial charge >= 0.3 is 5.97 Å². The molecule has 0 bridgehead atoms. The minimum Gasteiger partial charge on any atom is -0.496 e. The van der Waals surface area contributed by atoms with Crippen molar-refractivity contribution in [2.24, 2.45) is 0 Å². The maximum Gasteiger partial charge on any atom is 0.335 e. The summed E-state index contributed by atoms with van der Waals surface area (Å²) >= 11 is 0. The number of methoxy groups -OCH3 is 1. The topological polar surface area (TPSA) is 55.8 Å². The van der Waals surface area contributed by atoms with Crippen LogP contribution in [-0.2, 0) is 6.61 Å². The molecule has 20 heavy (non-hydrogen) atoms. The van der Waals surface area contributed by atoms with E-state index in [0.29, 0.717) is 11.3 Å². The van der Waals surface area contributed by atoms with E-state index < -0.39 is 11.8 Å². The smallest absolute Gasteiger partial charge is 0.335 e. The minimum atomic E-state index is -1.04. The number of hydrogen-bond donors (Lipinski definition) is 1. The molecule has 104 valence electrons. The van der Waals surface area contributed by atoms with Crippen LogP contribution in [0.2, 0.25) is 0 Å². The van der Waals surface area contributed by atoms with E-state index in [1.54, 1.807) is 18.2 Å². The summed E-state index contributed by atoms with van der Waals surface area (Å²) in [7, 11) is 1.47. The Hall–Kier alpha value is -2.56. The maximum absolute atomic E-state index is 13.4. The summed E-state index contributed by atoms with van der Waals surface area (Å²) in [5, 5.41) is 8.96. The predicted molar refractivity (Wildman–Crippen MR) is 70.7 cm³/mol. The predicted octanol–water partition coefficient (Wildman–Crippen LogP) is 3.11. The van der Waals surface area contributed by atoms with Crippen LogP contribution in [0.25, 0.3) is 0 Å². The molecule has 0 spiro atoms. The molecule has 0 aliphatic rings. The van der Waals surface area contributed by atoms with E-state index >= 15 is 0 Å². The summed E-state index contributed by atoms with van der Waals surface area (Å²) in [6, 6.07) is 10.4. The van der Waals surface area contributed by atoms with Gasteiger partial charge in [-0.15, -0.1) is 0 Å². The van der Waals surface area contributed by atoms with Gasteiger partial charge in [-0.2, -0.15) is 0 Å². The van der Waals surface area contributed by atoms with Crippen molar-refractivity contribution in [2.45, 2.75) is 6.61 Å². The van der Waals surface area contributed by atoms with Gasteiger partial charge in [-0.25, -0.2) is 9.18 Å². The molecule has 0 saturated heterocycles. The Labute approximate surface area is 115 Å². The number of carboxylic acid groups (broad SMARTS) is 1. The van der Waals surface area contributed by atoms with Crippen molar-refractivity contribution in [1.82, 2.24) is 0 Å². The van der Waals surface area contributed by atoms with E-state index in [2.05, 4.69) is 0 Å². The van der Waals surface area contributed by atoms with E-state index in [-0.39, 0.29) is 17.9 Å². The van der Waals surface area contributed by atoms with E-state index in [1.807, 2.05) is 0 Å². The lowest BCUT2D eigenvalue weighted by atomic mass is 10.1. The summed E-state index contributed by atoms with van der Waals surface area (Å²) in [4.78, 5) is 10.9. The fourth-order valence-corrected chi connectivity index (χ4v) is 1.74. The number of carbonyl (C=O) groups is 1. The zero-order chi connectivity index (χ0) is 14.5. The molecule has 2 aromatic rings. The third kappa shape index (κ3) is 3.06. The summed E-state index contributed by atoms with van der Waals surface area (Å²) in [6.45, 7) is 0.0191. The van der Waals surface area contributed by atoms with Gasteiger partial charge in [0.25, 0.3) is 0 Å².